The van der Waals surface area contributed by atoms with E-state index < -0.39 is 85.7 Å². The van der Waals surface area contributed by atoms with Crippen LogP contribution in [0, 0.1) is 0 Å². The number of amides is 3. The monoisotopic (exact) mass is 486 g/mol. The van der Waals surface area contributed by atoms with Gasteiger partial charge in [0.25, 0.3) is 0 Å². The summed E-state index contributed by atoms with van der Waals surface area (Å²) in [7, 11) is 0. The Hall–Kier alpha value is -4.05. The van der Waals surface area contributed by atoms with Gasteiger partial charge in [0, 0.05) is 24.7 Å². The minimum absolute atomic E-state index is 0.175. The summed E-state index contributed by atoms with van der Waals surface area (Å²) in [5.74, 6) is -7.27. The molecule has 4 unspecified atom stereocenters. The second-order valence-corrected chi connectivity index (χ2v) is 7.12. The van der Waals surface area contributed by atoms with Crippen LogP contribution in [0.3, 0.4) is 0 Å². The molecule has 16 nitrogen and oxygen atoms in total. The van der Waals surface area contributed by atoms with Crippen molar-refractivity contribution in [2.45, 2.75) is 49.9 Å². The van der Waals surface area contributed by atoms with Crippen molar-refractivity contribution in [1.82, 2.24) is 25.9 Å². The van der Waals surface area contributed by atoms with Crippen molar-refractivity contribution in [2.75, 3.05) is 6.61 Å². The van der Waals surface area contributed by atoms with Crippen LogP contribution in [-0.2, 0) is 35.2 Å². The van der Waals surface area contributed by atoms with E-state index in [1.807, 2.05) is 0 Å². The van der Waals surface area contributed by atoms with Gasteiger partial charge < -0.3 is 47.1 Å². The lowest BCUT2D eigenvalue weighted by molar-refractivity contribution is -0.142. The number of nitrogens with zero attached hydrogens (tertiary/aromatic N) is 1. The number of aliphatic carboxylic acids is 3. The molecule has 188 valence electrons. The second-order valence-electron chi connectivity index (χ2n) is 7.12. The van der Waals surface area contributed by atoms with Crippen molar-refractivity contribution in [3.63, 3.8) is 0 Å². The standard InChI is InChI=1S/C18H26N6O10/c19-9(4-14(28)29)15(30)22-10(1-2-13(26)27)16(31)24-12(6-25)17(32)23-11(18(33)34)3-8-5-20-7-21-8/h5,7,9-12,25H,1-4,6,19H2,(H,20,21)(H,22,30)(H,23,32)(H,24,31)(H,26,27)(H,28,29)(H,33,34). The molecular formula is C18H26N6O10. The zero-order valence-electron chi connectivity index (χ0n) is 17.8. The summed E-state index contributed by atoms with van der Waals surface area (Å²) in [6.07, 6.45) is 0.705. The van der Waals surface area contributed by atoms with Gasteiger partial charge in [0.2, 0.25) is 17.7 Å². The van der Waals surface area contributed by atoms with E-state index in [0.717, 1.165) is 0 Å². The number of nitrogens with one attached hydrogen (secondary N) is 4. The molecule has 3 amide bonds. The summed E-state index contributed by atoms with van der Waals surface area (Å²) in [5.41, 5.74) is 5.82. The van der Waals surface area contributed by atoms with E-state index >= 15 is 0 Å². The first-order valence-corrected chi connectivity index (χ1v) is 9.85. The number of aliphatic hydroxyl groups is 1. The number of aromatic nitrogens is 2. The molecule has 16 heteroatoms. The topological polar surface area (TPSA) is 274 Å². The van der Waals surface area contributed by atoms with Gasteiger partial charge in [0.15, 0.2) is 0 Å². The van der Waals surface area contributed by atoms with Gasteiger partial charge in [-0.1, -0.05) is 0 Å². The molecule has 4 atom stereocenters. The van der Waals surface area contributed by atoms with Crippen molar-refractivity contribution < 1.29 is 49.2 Å². The number of carboxylic acids is 3. The summed E-state index contributed by atoms with van der Waals surface area (Å²) >= 11 is 0. The maximum atomic E-state index is 12.6. The number of hydrogen-bond acceptors (Lipinski definition) is 9. The molecule has 34 heavy (non-hydrogen) atoms. The molecule has 0 saturated carbocycles. The summed E-state index contributed by atoms with van der Waals surface area (Å²) in [6, 6.07) is -6.15. The summed E-state index contributed by atoms with van der Waals surface area (Å²) in [6.45, 7) is -0.952. The SMILES string of the molecule is NC(CC(=O)O)C(=O)NC(CCC(=O)O)C(=O)NC(CO)C(=O)NC(Cc1cnc[nH]1)C(=O)O. The van der Waals surface area contributed by atoms with Crippen LogP contribution >= 0.6 is 0 Å². The third-order valence-corrected chi connectivity index (χ3v) is 4.42. The third kappa shape index (κ3) is 9.61. The first-order valence-electron chi connectivity index (χ1n) is 9.85. The predicted octanol–water partition coefficient (Wildman–Crippen LogP) is -3.85. The number of imidazole rings is 1. The van der Waals surface area contributed by atoms with Crippen LogP contribution in [-0.4, -0.2) is 96.8 Å². The number of aromatic amines is 1. The first kappa shape index (κ1) is 28.0. The molecule has 0 bridgehead atoms. The first-order chi connectivity index (χ1) is 15.9. The number of carbonyl (C=O) groups excluding carboxylic acids is 3. The molecule has 0 aliphatic rings. The summed E-state index contributed by atoms with van der Waals surface area (Å²) in [4.78, 5) is 76.6. The van der Waals surface area contributed by atoms with Crippen LogP contribution in [0.1, 0.15) is 25.0 Å². The minimum Gasteiger partial charge on any atom is -0.481 e. The van der Waals surface area contributed by atoms with E-state index in [0.29, 0.717) is 5.69 Å². The average Bonchev–Trinajstić information content (AvgIpc) is 3.26. The van der Waals surface area contributed by atoms with E-state index in [9.17, 15) is 39.0 Å². The zero-order valence-corrected chi connectivity index (χ0v) is 17.8. The molecule has 1 aromatic rings. The van der Waals surface area contributed by atoms with E-state index in [-0.39, 0.29) is 6.42 Å². The fraction of sp³-hybridized carbons (Fsp3) is 0.500. The van der Waals surface area contributed by atoms with Gasteiger partial charge in [-0.3, -0.25) is 24.0 Å². The lowest BCUT2D eigenvalue weighted by Crippen LogP contribution is -2.58. The zero-order chi connectivity index (χ0) is 25.8. The van der Waals surface area contributed by atoms with Crippen molar-refractivity contribution in [3.8, 4) is 0 Å². The highest BCUT2D eigenvalue weighted by Gasteiger charge is 2.30. The molecule has 0 fully saturated rings. The molecule has 0 radical (unpaired) electrons. The van der Waals surface area contributed by atoms with E-state index in [1.165, 1.54) is 12.5 Å². The highest BCUT2D eigenvalue weighted by atomic mass is 16.4. The molecular weight excluding hydrogens is 460 g/mol. The van der Waals surface area contributed by atoms with Crippen LogP contribution in [0.5, 0.6) is 0 Å². The van der Waals surface area contributed by atoms with Crippen molar-refractivity contribution in [3.05, 3.63) is 18.2 Å². The van der Waals surface area contributed by atoms with Gasteiger partial charge in [-0.15, -0.1) is 0 Å². The largest absolute Gasteiger partial charge is 0.481 e. The Kier molecular flexibility index (Phi) is 11.1. The Morgan fingerprint density at radius 1 is 0.912 bits per heavy atom. The van der Waals surface area contributed by atoms with Gasteiger partial charge in [-0.2, -0.15) is 0 Å². The highest BCUT2D eigenvalue weighted by molar-refractivity contribution is 5.95. The lowest BCUT2D eigenvalue weighted by Gasteiger charge is -2.24. The molecule has 0 saturated heterocycles. The van der Waals surface area contributed by atoms with E-state index in [1.54, 1.807) is 0 Å². The van der Waals surface area contributed by atoms with Gasteiger partial charge in [-0.25, -0.2) is 9.78 Å². The van der Waals surface area contributed by atoms with Gasteiger partial charge in [0.1, 0.15) is 18.1 Å². The maximum absolute atomic E-state index is 12.6. The molecule has 1 rings (SSSR count). The van der Waals surface area contributed by atoms with E-state index in [2.05, 4.69) is 25.9 Å². The lowest BCUT2D eigenvalue weighted by atomic mass is 10.1. The molecule has 0 aromatic carbocycles. The van der Waals surface area contributed by atoms with Crippen LogP contribution < -0.4 is 21.7 Å². The number of rotatable bonds is 15. The van der Waals surface area contributed by atoms with Crippen molar-refractivity contribution in [2.24, 2.45) is 5.73 Å². The van der Waals surface area contributed by atoms with Crippen LogP contribution in [0.15, 0.2) is 12.5 Å². The molecule has 0 aliphatic heterocycles. The van der Waals surface area contributed by atoms with Crippen molar-refractivity contribution in [1.29, 1.82) is 0 Å². The Labute approximate surface area is 191 Å². The van der Waals surface area contributed by atoms with Crippen molar-refractivity contribution >= 4 is 35.6 Å². The fourth-order valence-corrected chi connectivity index (χ4v) is 2.65. The number of carbonyl (C=O) groups is 6. The van der Waals surface area contributed by atoms with Crippen LogP contribution in [0.2, 0.25) is 0 Å². The predicted molar refractivity (Wildman–Crippen MR) is 110 cm³/mol. The fourth-order valence-electron chi connectivity index (χ4n) is 2.65. The maximum Gasteiger partial charge on any atom is 0.326 e. The Morgan fingerprint density at radius 3 is 2.00 bits per heavy atom. The number of carboxylic acid groups (broad SMARTS) is 3. The Balaban J connectivity index is 2.87. The molecule has 1 heterocycles. The highest BCUT2D eigenvalue weighted by Crippen LogP contribution is 2.03. The molecule has 10 N–H and O–H groups in total. The normalized spacial score (nSPS) is 14.2. The third-order valence-electron chi connectivity index (χ3n) is 4.42. The van der Waals surface area contributed by atoms with Crippen LogP contribution in [0.4, 0.5) is 0 Å². The Bertz CT molecular complexity index is 890. The van der Waals surface area contributed by atoms with E-state index in [4.69, 9.17) is 15.9 Å². The molecule has 0 spiro atoms. The van der Waals surface area contributed by atoms with Crippen LogP contribution in [0.25, 0.3) is 0 Å². The van der Waals surface area contributed by atoms with Gasteiger partial charge >= 0.3 is 17.9 Å². The summed E-state index contributed by atoms with van der Waals surface area (Å²) < 4.78 is 0. The van der Waals surface area contributed by atoms with Gasteiger partial charge in [-0.05, 0) is 6.42 Å². The smallest absolute Gasteiger partial charge is 0.326 e. The molecule has 1 aromatic heterocycles. The number of H-pyrrole nitrogens is 1. The number of hydrogen-bond donors (Lipinski definition) is 9. The molecule has 0 aliphatic carbocycles. The summed E-state index contributed by atoms with van der Waals surface area (Å²) in [5, 5.41) is 42.8. The Morgan fingerprint density at radius 2 is 1.50 bits per heavy atom. The minimum atomic E-state index is -1.65. The average molecular weight is 486 g/mol. The number of nitrogens with two attached hydrogens (primary N) is 1. The second kappa shape index (κ2) is 13.5. The number of aliphatic hydroxyl groups excluding tert-OH is 1. The van der Waals surface area contributed by atoms with Gasteiger partial charge in [0.05, 0.1) is 25.4 Å². The quantitative estimate of drug-likeness (QED) is 0.115.